The summed E-state index contributed by atoms with van der Waals surface area (Å²) in [5.74, 6) is -0.0870. The molecule has 0 fully saturated rings. The SMILES string of the molecule is CCNC(=O)c1ccc(N)c(N(C)c2ccc(C)cc2)c1. The minimum atomic E-state index is -0.0870. The molecule has 0 saturated heterocycles. The molecule has 0 aliphatic heterocycles. The highest BCUT2D eigenvalue weighted by atomic mass is 16.1. The predicted molar refractivity (Wildman–Crippen MR) is 88.1 cm³/mol. The van der Waals surface area contributed by atoms with Gasteiger partial charge in [-0.15, -0.1) is 0 Å². The van der Waals surface area contributed by atoms with Crippen molar-refractivity contribution in [1.29, 1.82) is 0 Å². The van der Waals surface area contributed by atoms with Gasteiger partial charge >= 0.3 is 0 Å². The number of hydrogen-bond donors (Lipinski definition) is 2. The maximum absolute atomic E-state index is 11.9. The van der Waals surface area contributed by atoms with Crippen LogP contribution < -0.4 is 16.0 Å². The molecular formula is C17H21N3O. The van der Waals surface area contributed by atoms with Crippen LogP contribution in [0.25, 0.3) is 0 Å². The summed E-state index contributed by atoms with van der Waals surface area (Å²) in [7, 11) is 1.94. The van der Waals surface area contributed by atoms with E-state index in [1.54, 1.807) is 12.1 Å². The summed E-state index contributed by atoms with van der Waals surface area (Å²) in [6, 6.07) is 13.5. The Balaban J connectivity index is 2.35. The van der Waals surface area contributed by atoms with Crippen molar-refractivity contribution in [2.24, 2.45) is 0 Å². The number of carbonyl (C=O) groups is 1. The van der Waals surface area contributed by atoms with Gasteiger partial charge in [-0.1, -0.05) is 17.7 Å². The smallest absolute Gasteiger partial charge is 0.251 e. The van der Waals surface area contributed by atoms with E-state index in [1.165, 1.54) is 5.56 Å². The molecule has 4 heteroatoms. The molecule has 0 heterocycles. The van der Waals surface area contributed by atoms with E-state index in [0.717, 1.165) is 11.4 Å². The van der Waals surface area contributed by atoms with Gasteiger partial charge in [0.25, 0.3) is 5.91 Å². The number of anilines is 3. The predicted octanol–water partition coefficient (Wildman–Crippen LogP) is 3.09. The average Bonchev–Trinajstić information content (AvgIpc) is 2.48. The van der Waals surface area contributed by atoms with Gasteiger partial charge in [-0.2, -0.15) is 0 Å². The van der Waals surface area contributed by atoms with Crippen molar-refractivity contribution in [3.05, 3.63) is 53.6 Å². The summed E-state index contributed by atoms with van der Waals surface area (Å²) >= 11 is 0. The zero-order chi connectivity index (χ0) is 15.4. The van der Waals surface area contributed by atoms with E-state index in [2.05, 4.69) is 17.4 Å². The number of hydrogen-bond acceptors (Lipinski definition) is 3. The van der Waals surface area contributed by atoms with Gasteiger partial charge in [-0.3, -0.25) is 4.79 Å². The molecule has 2 aromatic rings. The van der Waals surface area contributed by atoms with E-state index in [4.69, 9.17) is 5.73 Å². The Morgan fingerprint density at radius 3 is 2.48 bits per heavy atom. The van der Waals surface area contributed by atoms with Crippen LogP contribution in [0.3, 0.4) is 0 Å². The number of aryl methyl sites for hydroxylation is 1. The normalized spacial score (nSPS) is 10.2. The van der Waals surface area contributed by atoms with Crippen LogP contribution in [0, 0.1) is 6.92 Å². The fraction of sp³-hybridized carbons (Fsp3) is 0.235. The number of nitrogens with two attached hydrogens (primary N) is 1. The second-order valence-corrected chi connectivity index (χ2v) is 5.03. The van der Waals surface area contributed by atoms with Crippen LogP contribution in [-0.2, 0) is 0 Å². The summed E-state index contributed by atoms with van der Waals surface area (Å²) in [5, 5.41) is 2.80. The van der Waals surface area contributed by atoms with Gasteiger partial charge in [0, 0.05) is 24.8 Å². The van der Waals surface area contributed by atoms with E-state index < -0.39 is 0 Å². The first-order valence-electron chi connectivity index (χ1n) is 7.01. The van der Waals surface area contributed by atoms with Crippen molar-refractivity contribution < 1.29 is 4.79 Å². The first-order valence-corrected chi connectivity index (χ1v) is 7.01. The summed E-state index contributed by atoms with van der Waals surface area (Å²) in [5.41, 5.74) is 10.4. The van der Waals surface area contributed by atoms with Crippen LogP contribution in [0.15, 0.2) is 42.5 Å². The van der Waals surface area contributed by atoms with Crippen LogP contribution in [0.5, 0.6) is 0 Å². The van der Waals surface area contributed by atoms with Gasteiger partial charge < -0.3 is 16.0 Å². The fourth-order valence-electron chi connectivity index (χ4n) is 2.15. The zero-order valence-electron chi connectivity index (χ0n) is 12.7. The highest BCUT2D eigenvalue weighted by Crippen LogP contribution is 2.30. The number of amides is 1. The number of nitrogen functional groups attached to an aromatic ring is 1. The molecule has 0 radical (unpaired) electrons. The third kappa shape index (κ3) is 3.34. The van der Waals surface area contributed by atoms with Crippen molar-refractivity contribution in [3.63, 3.8) is 0 Å². The van der Waals surface area contributed by atoms with Gasteiger partial charge in [-0.05, 0) is 44.2 Å². The van der Waals surface area contributed by atoms with Crippen molar-refractivity contribution in [2.45, 2.75) is 13.8 Å². The number of benzene rings is 2. The number of rotatable bonds is 4. The molecule has 4 nitrogen and oxygen atoms in total. The van der Waals surface area contributed by atoms with E-state index in [1.807, 2.05) is 44.0 Å². The van der Waals surface area contributed by atoms with Crippen molar-refractivity contribution in [2.75, 3.05) is 24.2 Å². The molecule has 21 heavy (non-hydrogen) atoms. The molecule has 0 bridgehead atoms. The number of nitrogens with zero attached hydrogens (tertiary/aromatic N) is 1. The molecule has 0 atom stereocenters. The molecule has 0 unspecified atom stereocenters. The first-order chi connectivity index (χ1) is 10.0. The monoisotopic (exact) mass is 283 g/mol. The van der Waals surface area contributed by atoms with Gasteiger partial charge in [0.2, 0.25) is 0 Å². The molecule has 2 rings (SSSR count). The molecule has 1 amide bonds. The van der Waals surface area contributed by atoms with Crippen LogP contribution in [0.1, 0.15) is 22.8 Å². The summed E-state index contributed by atoms with van der Waals surface area (Å²) < 4.78 is 0. The minimum Gasteiger partial charge on any atom is -0.397 e. The van der Waals surface area contributed by atoms with Gasteiger partial charge in [0.15, 0.2) is 0 Å². The molecule has 0 aromatic heterocycles. The molecule has 110 valence electrons. The molecule has 0 saturated carbocycles. The van der Waals surface area contributed by atoms with Crippen LogP contribution in [-0.4, -0.2) is 19.5 Å². The van der Waals surface area contributed by atoms with Gasteiger partial charge in [0.05, 0.1) is 11.4 Å². The largest absolute Gasteiger partial charge is 0.397 e. The average molecular weight is 283 g/mol. The lowest BCUT2D eigenvalue weighted by Crippen LogP contribution is -2.23. The standard InChI is InChI=1S/C17H21N3O/c1-4-19-17(21)13-7-10-15(18)16(11-13)20(3)14-8-5-12(2)6-9-14/h5-11H,4,18H2,1-3H3,(H,19,21). The molecule has 0 aliphatic carbocycles. The van der Waals surface area contributed by atoms with Crippen molar-refractivity contribution >= 4 is 23.0 Å². The Morgan fingerprint density at radius 2 is 1.86 bits per heavy atom. The second-order valence-electron chi connectivity index (χ2n) is 5.03. The van der Waals surface area contributed by atoms with E-state index in [0.29, 0.717) is 17.8 Å². The van der Waals surface area contributed by atoms with Crippen LogP contribution in [0.4, 0.5) is 17.1 Å². The lowest BCUT2D eigenvalue weighted by molar-refractivity contribution is 0.0956. The summed E-state index contributed by atoms with van der Waals surface area (Å²) in [4.78, 5) is 13.9. The molecule has 3 N–H and O–H groups in total. The Hall–Kier alpha value is -2.49. The van der Waals surface area contributed by atoms with Crippen molar-refractivity contribution in [3.8, 4) is 0 Å². The summed E-state index contributed by atoms with van der Waals surface area (Å²) in [6.45, 7) is 4.55. The van der Waals surface area contributed by atoms with E-state index >= 15 is 0 Å². The van der Waals surface area contributed by atoms with Crippen molar-refractivity contribution in [1.82, 2.24) is 5.32 Å². The van der Waals surface area contributed by atoms with Crippen LogP contribution >= 0.6 is 0 Å². The lowest BCUT2D eigenvalue weighted by Gasteiger charge is -2.22. The molecule has 0 spiro atoms. The maximum Gasteiger partial charge on any atom is 0.251 e. The van der Waals surface area contributed by atoms with Gasteiger partial charge in [0.1, 0.15) is 0 Å². The first kappa shape index (κ1) is 14.9. The molecular weight excluding hydrogens is 262 g/mol. The Labute approximate surface area is 125 Å². The highest BCUT2D eigenvalue weighted by Gasteiger charge is 2.12. The second kappa shape index (κ2) is 6.31. The zero-order valence-corrected chi connectivity index (χ0v) is 12.7. The van der Waals surface area contributed by atoms with E-state index in [9.17, 15) is 4.79 Å². The lowest BCUT2D eigenvalue weighted by atomic mass is 10.1. The topological polar surface area (TPSA) is 58.4 Å². The van der Waals surface area contributed by atoms with Crippen LogP contribution in [0.2, 0.25) is 0 Å². The Morgan fingerprint density at radius 1 is 1.19 bits per heavy atom. The molecule has 0 aliphatic rings. The third-order valence-electron chi connectivity index (χ3n) is 3.41. The number of nitrogens with one attached hydrogen (secondary N) is 1. The quantitative estimate of drug-likeness (QED) is 0.848. The molecule has 2 aromatic carbocycles. The minimum absolute atomic E-state index is 0.0870. The Bertz CT molecular complexity index is 635. The maximum atomic E-state index is 11.9. The Kier molecular flexibility index (Phi) is 4.48. The third-order valence-corrected chi connectivity index (χ3v) is 3.41. The van der Waals surface area contributed by atoms with Gasteiger partial charge in [-0.25, -0.2) is 0 Å². The van der Waals surface area contributed by atoms with E-state index in [-0.39, 0.29) is 5.91 Å². The number of carbonyl (C=O) groups excluding carboxylic acids is 1. The fourth-order valence-corrected chi connectivity index (χ4v) is 2.15. The highest BCUT2D eigenvalue weighted by molar-refractivity contribution is 5.96. The summed E-state index contributed by atoms with van der Waals surface area (Å²) in [6.07, 6.45) is 0.